The van der Waals surface area contributed by atoms with Crippen LogP contribution < -0.4 is 15.3 Å². The van der Waals surface area contributed by atoms with Gasteiger partial charge < -0.3 is 10.0 Å². The molecule has 0 aromatic heterocycles. The Morgan fingerprint density at radius 1 is 0.917 bits per heavy atom. The molecule has 2 heteroatoms. The third-order valence-corrected chi connectivity index (χ3v) is 17.7. The summed E-state index contributed by atoms with van der Waals surface area (Å²) in [7, 11) is 0. The van der Waals surface area contributed by atoms with E-state index in [4.69, 9.17) is 6.58 Å². The number of nitrogens with zero attached hydrogens (tertiary/aromatic N) is 1. The summed E-state index contributed by atoms with van der Waals surface area (Å²) in [5.74, 6) is 4.38. The lowest BCUT2D eigenvalue weighted by Gasteiger charge is -2.68. The van der Waals surface area contributed by atoms with Crippen LogP contribution in [-0.2, 0) is 0 Å². The smallest absolute Gasteiger partial charge is 0.115 e. The quantitative estimate of drug-likeness (QED) is 0.301. The molecule has 3 fully saturated rings. The number of aromatic hydroxyl groups is 1. The van der Waals surface area contributed by atoms with Gasteiger partial charge in [0.1, 0.15) is 5.75 Å². The first-order valence-electron chi connectivity index (χ1n) is 19.1. The fourth-order valence-electron chi connectivity index (χ4n) is 16.8. The first-order chi connectivity index (χ1) is 23.5. The highest BCUT2D eigenvalue weighted by Gasteiger charge is 2.78. The highest BCUT2D eigenvalue weighted by molar-refractivity contribution is 6.26. The van der Waals surface area contributed by atoms with Crippen molar-refractivity contribution in [1.82, 2.24) is 0 Å². The normalized spacial score (nSPS) is 42.8. The van der Waals surface area contributed by atoms with Crippen LogP contribution in [0.2, 0.25) is 0 Å². The summed E-state index contributed by atoms with van der Waals surface area (Å²) in [4.78, 5) is 2.78. The molecule has 3 aromatic carbocycles. The molecule has 0 amide bonds. The molecule has 1 saturated heterocycles. The fraction of sp³-hybridized carbons (Fsp3) is 0.391. The molecule has 48 heavy (non-hydrogen) atoms. The van der Waals surface area contributed by atoms with E-state index in [1.807, 2.05) is 34.4 Å². The lowest BCUT2D eigenvalue weighted by Crippen LogP contribution is -2.62. The van der Waals surface area contributed by atoms with E-state index in [2.05, 4.69) is 42.2 Å². The van der Waals surface area contributed by atoms with Crippen LogP contribution in [0.4, 0.5) is 5.69 Å². The van der Waals surface area contributed by atoms with Crippen LogP contribution in [0.1, 0.15) is 85.1 Å². The van der Waals surface area contributed by atoms with Gasteiger partial charge in [0, 0.05) is 52.8 Å². The van der Waals surface area contributed by atoms with Crippen molar-refractivity contribution in [2.75, 3.05) is 11.4 Å². The van der Waals surface area contributed by atoms with E-state index >= 15 is 0 Å². The molecular formula is C46H35NO. The Bertz CT molecular complexity index is 2690. The van der Waals surface area contributed by atoms with Gasteiger partial charge in [-0.2, -0.15) is 0 Å². The molecule has 4 bridgehead atoms. The molecule has 12 aliphatic carbocycles. The molecule has 10 atom stereocenters. The summed E-state index contributed by atoms with van der Waals surface area (Å²) < 4.78 is 0. The number of fused-ring (bicyclic) bond motifs is 1. The van der Waals surface area contributed by atoms with Gasteiger partial charge in [-0.3, -0.25) is 0 Å². The maximum absolute atomic E-state index is 10.2. The number of benzene rings is 3. The summed E-state index contributed by atoms with van der Waals surface area (Å²) in [6.45, 7) is 8.91. The van der Waals surface area contributed by atoms with E-state index < -0.39 is 0 Å². The van der Waals surface area contributed by atoms with E-state index in [9.17, 15) is 5.11 Å². The van der Waals surface area contributed by atoms with E-state index in [1.165, 1.54) is 49.8 Å². The predicted octanol–water partition coefficient (Wildman–Crippen LogP) is 7.85. The Morgan fingerprint density at radius 3 is 2.71 bits per heavy atom. The molecular weight excluding hydrogens is 583 g/mol. The van der Waals surface area contributed by atoms with Crippen molar-refractivity contribution in [2.24, 2.45) is 40.4 Å². The van der Waals surface area contributed by atoms with Crippen LogP contribution in [0.25, 0.3) is 38.6 Å². The molecule has 2 spiro atoms. The summed E-state index contributed by atoms with van der Waals surface area (Å²) in [6.07, 6.45) is 13.4. The van der Waals surface area contributed by atoms with Gasteiger partial charge in [-0.1, -0.05) is 24.3 Å². The van der Waals surface area contributed by atoms with Crippen LogP contribution in [0.15, 0.2) is 71.4 Å². The van der Waals surface area contributed by atoms with E-state index in [0.717, 1.165) is 6.54 Å². The minimum Gasteiger partial charge on any atom is -0.508 e. The van der Waals surface area contributed by atoms with Crippen molar-refractivity contribution in [3.05, 3.63) is 110 Å². The van der Waals surface area contributed by atoms with Crippen molar-refractivity contribution in [3.63, 3.8) is 0 Å². The van der Waals surface area contributed by atoms with Gasteiger partial charge in [-0.15, -0.1) is 0 Å². The highest BCUT2D eigenvalue weighted by Crippen LogP contribution is 2.86. The first kappa shape index (κ1) is 23.3. The SMILES string of the molecule is C=C1C2=c3c4c5c6c7cc8c9c6c3[C@H]3C=9C6=CC8CCC8CC9(CC%10%11C9=C4[C@@H]2C(CCC(=C6)C13)C%10CN(c1ccc(O)cc1)[C@H]%11C)C5=C78. The molecule has 1 N–H and O–H groups in total. The Morgan fingerprint density at radius 2 is 1.81 bits per heavy atom. The van der Waals surface area contributed by atoms with E-state index in [0.29, 0.717) is 53.2 Å². The predicted molar refractivity (Wildman–Crippen MR) is 189 cm³/mol. The topological polar surface area (TPSA) is 23.5 Å². The molecule has 2 nitrogen and oxygen atoms in total. The molecule has 16 rings (SSSR count). The molecule has 2 saturated carbocycles. The van der Waals surface area contributed by atoms with E-state index in [1.54, 1.807) is 71.3 Å². The molecule has 230 valence electrons. The van der Waals surface area contributed by atoms with Crippen LogP contribution in [0, 0.1) is 40.4 Å². The van der Waals surface area contributed by atoms with Crippen LogP contribution in [-0.4, -0.2) is 17.7 Å². The average molecular weight is 618 g/mol. The Labute approximate surface area is 279 Å². The molecule has 1 aliphatic heterocycles. The Kier molecular flexibility index (Phi) is 3.10. The third kappa shape index (κ3) is 1.81. The Balaban J connectivity index is 1.13. The first-order valence-corrected chi connectivity index (χ1v) is 19.1. The number of phenolic OH excluding ortho intramolecular Hbond substituents is 1. The van der Waals surface area contributed by atoms with Crippen LogP contribution >= 0.6 is 0 Å². The van der Waals surface area contributed by atoms with Crippen LogP contribution in [0.3, 0.4) is 0 Å². The summed E-state index contributed by atoms with van der Waals surface area (Å²) in [6, 6.07) is 11.4. The summed E-state index contributed by atoms with van der Waals surface area (Å²) in [5, 5.41) is 17.1. The van der Waals surface area contributed by atoms with Gasteiger partial charge in [-0.25, -0.2) is 0 Å². The second kappa shape index (κ2) is 6.37. The standard InChI is InChI=1S/C46H35NO/c1-17-29-20-5-10-25-28-15-47(23-6-8-24(48)9-7-23)18(2)46(28)16-45-14-21-4-3-19-11-22(12-20)32-34-26(19)13-27-31(21)43(45)41-35(27)38(34)39(36(29)32)37-30(17)33(25)42(40(37)41)44(45)46/h6-9,11-13,18-19,21,25,28-29,33,36,48H,1,3-5,10,14-16H2,2H3/t18-,19?,21?,25?,28?,29?,33+,36+,45?,46?/m0/s1. The van der Waals surface area contributed by atoms with Crippen LogP contribution in [0.5, 0.6) is 5.75 Å². The van der Waals surface area contributed by atoms with Crippen molar-refractivity contribution < 1.29 is 5.11 Å². The van der Waals surface area contributed by atoms with Gasteiger partial charge in [0.25, 0.3) is 0 Å². The number of anilines is 1. The van der Waals surface area contributed by atoms with Crippen molar-refractivity contribution in [2.45, 2.75) is 63.3 Å². The highest BCUT2D eigenvalue weighted by atomic mass is 16.3. The minimum absolute atomic E-state index is 0.228. The summed E-state index contributed by atoms with van der Waals surface area (Å²) >= 11 is 0. The molecule has 7 unspecified atom stereocenters. The number of hydrogen-bond acceptors (Lipinski definition) is 2. The fourth-order valence-corrected chi connectivity index (χ4v) is 16.8. The molecule has 0 radical (unpaired) electrons. The van der Waals surface area contributed by atoms with Gasteiger partial charge in [0.15, 0.2) is 0 Å². The van der Waals surface area contributed by atoms with Gasteiger partial charge in [0.2, 0.25) is 0 Å². The monoisotopic (exact) mass is 617 g/mol. The lowest BCUT2D eigenvalue weighted by molar-refractivity contribution is 0.00426. The Hall–Kier alpha value is -4.04. The maximum atomic E-state index is 10.2. The number of phenols is 1. The number of hydrogen-bond donors (Lipinski definition) is 1. The third-order valence-electron chi connectivity index (χ3n) is 17.7. The number of allylic oxidation sites excluding steroid dienone is 8. The second-order valence-corrected chi connectivity index (χ2v) is 18.4. The second-order valence-electron chi connectivity index (χ2n) is 18.4. The molecule has 3 aromatic rings. The maximum Gasteiger partial charge on any atom is 0.115 e. The molecule has 1 heterocycles. The zero-order valence-corrected chi connectivity index (χ0v) is 27.2. The van der Waals surface area contributed by atoms with Gasteiger partial charge >= 0.3 is 0 Å². The largest absolute Gasteiger partial charge is 0.508 e. The van der Waals surface area contributed by atoms with Gasteiger partial charge in [0.05, 0.1) is 0 Å². The van der Waals surface area contributed by atoms with Crippen molar-refractivity contribution in [1.29, 1.82) is 0 Å². The van der Waals surface area contributed by atoms with Crippen molar-refractivity contribution in [3.8, 4) is 5.75 Å². The van der Waals surface area contributed by atoms with Gasteiger partial charge in [-0.05, 0) is 187 Å². The zero-order chi connectivity index (χ0) is 30.6. The van der Waals surface area contributed by atoms with Crippen molar-refractivity contribution >= 4 is 44.3 Å². The average Bonchev–Trinajstić information content (AvgIpc) is 3.84. The molecule has 13 aliphatic rings. The zero-order valence-electron chi connectivity index (χ0n) is 27.2. The number of rotatable bonds is 1. The lowest BCUT2D eigenvalue weighted by atomic mass is 9.34. The minimum atomic E-state index is 0.228. The van der Waals surface area contributed by atoms with E-state index in [-0.39, 0.29) is 10.8 Å². The summed E-state index contributed by atoms with van der Waals surface area (Å²) in [5.41, 5.74) is 26.1.